The van der Waals surface area contributed by atoms with Gasteiger partial charge in [-0.2, -0.15) is 0 Å². The van der Waals surface area contributed by atoms with Crippen LogP contribution in [0, 0.1) is 6.92 Å². The Hall–Kier alpha value is -2.76. The van der Waals surface area contributed by atoms with Crippen molar-refractivity contribution in [2.24, 2.45) is 0 Å². The number of aliphatic hydroxyl groups excluding tert-OH is 1. The molecule has 4 aromatic rings. The third kappa shape index (κ3) is 3.71. The Bertz CT molecular complexity index is 1140. The highest BCUT2D eigenvalue weighted by Gasteiger charge is 2.24. The molecule has 2 aromatic carbocycles. The molecule has 3 N–H and O–H groups in total. The summed E-state index contributed by atoms with van der Waals surface area (Å²) in [5.74, 6) is 1.40. The van der Waals surface area contributed by atoms with Gasteiger partial charge in [-0.15, -0.1) is 0 Å². The van der Waals surface area contributed by atoms with E-state index in [2.05, 4.69) is 46.2 Å². The fourth-order valence-corrected chi connectivity index (χ4v) is 4.81. The molecule has 5 heteroatoms. The molecule has 0 bridgehead atoms. The van der Waals surface area contributed by atoms with Gasteiger partial charge >= 0.3 is 0 Å². The Kier molecular flexibility index (Phi) is 5.23. The van der Waals surface area contributed by atoms with Crippen molar-refractivity contribution >= 4 is 21.8 Å². The van der Waals surface area contributed by atoms with Crippen LogP contribution >= 0.6 is 0 Å². The average molecular weight is 404 g/mol. The number of aromatic nitrogens is 2. The standard InChI is InChI=1S/C25H29N3O2/c1-17-4-2-5-20-22(14-27-25(17)20)18-9-12-28(13-10-18)15-19(29)16-30-24-7-3-6-23-21(24)8-11-26-23/h2-8,11,14,18-19,26-27,29H,9-10,12-13,15-16H2,1H3. The number of fused-ring (bicyclic) bond motifs is 2. The third-order valence-corrected chi connectivity index (χ3v) is 6.44. The molecule has 5 nitrogen and oxygen atoms in total. The van der Waals surface area contributed by atoms with Gasteiger partial charge < -0.3 is 24.7 Å². The molecule has 1 atom stereocenters. The number of hydrogen-bond donors (Lipinski definition) is 3. The van der Waals surface area contributed by atoms with Crippen molar-refractivity contribution in [1.82, 2.24) is 14.9 Å². The van der Waals surface area contributed by atoms with E-state index in [4.69, 9.17) is 4.74 Å². The molecule has 3 heterocycles. The van der Waals surface area contributed by atoms with Crippen molar-refractivity contribution in [2.75, 3.05) is 26.2 Å². The lowest BCUT2D eigenvalue weighted by Gasteiger charge is -2.33. The number of likely N-dealkylation sites (tertiary alicyclic amines) is 1. The summed E-state index contributed by atoms with van der Waals surface area (Å²) in [6.07, 6.45) is 5.86. The Morgan fingerprint density at radius 1 is 1.07 bits per heavy atom. The maximum Gasteiger partial charge on any atom is 0.128 e. The number of hydrogen-bond acceptors (Lipinski definition) is 3. The fraction of sp³-hybridized carbons (Fsp3) is 0.360. The summed E-state index contributed by atoms with van der Waals surface area (Å²) in [5.41, 5.74) is 5.06. The van der Waals surface area contributed by atoms with E-state index in [1.54, 1.807) is 0 Å². The number of aromatic amines is 2. The van der Waals surface area contributed by atoms with Crippen LogP contribution in [0.1, 0.15) is 29.9 Å². The Balaban J connectivity index is 1.15. The van der Waals surface area contributed by atoms with Crippen LogP contribution in [-0.2, 0) is 0 Å². The van der Waals surface area contributed by atoms with Gasteiger partial charge in [-0.1, -0.05) is 24.3 Å². The second kappa shape index (κ2) is 8.17. The molecule has 0 spiro atoms. The minimum Gasteiger partial charge on any atom is -0.490 e. The average Bonchev–Trinajstić information content (AvgIpc) is 3.41. The third-order valence-electron chi connectivity index (χ3n) is 6.44. The molecule has 0 aliphatic carbocycles. The van der Waals surface area contributed by atoms with Crippen molar-refractivity contribution < 1.29 is 9.84 Å². The zero-order valence-electron chi connectivity index (χ0n) is 17.4. The van der Waals surface area contributed by atoms with Crippen molar-refractivity contribution in [3.05, 3.63) is 66.0 Å². The summed E-state index contributed by atoms with van der Waals surface area (Å²) in [7, 11) is 0. The zero-order valence-corrected chi connectivity index (χ0v) is 17.4. The van der Waals surface area contributed by atoms with Crippen molar-refractivity contribution in [3.8, 4) is 5.75 Å². The van der Waals surface area contributed by atoms with Crippen LogP contribution < -0.4 is 4.74 Å². The van der Waals surface area contributed by atoms with Crippen LogP contribution in [0.15, 0.2) is 54.9 Å². The minimum absolute atomic E-state index is 0.311. The second-order valence-corrected chi connectivity index (χ2v) is 8.48. The van der Waals surface area contributed by atoms with E-state index in [0.717, 1.165) is 42.6 Å². The normalized spacial score (nSPS) is 17.0. The lowest BCUT2D eigenvalue weighted by molar-refractivity contribution is 0.0599. The number of nitrogens with one attached hydrogen (secondary N) is 2. The lowest BCUT2D eigenvalue weighted by Crippen LogP contribution is -2.40. The molecule has 0 saturated carbocycles. The first-order valence-corrected chi connectivity index (χ1v) is 10.8. The monoisotopic (exact) mass is 403 g/mol. The number of rotatable bonds is 6. The number of para-hydroxylation sites is 1. The Morgan fingerprint density at radius 3 is 2.77 bits per heavy atom. The summed E-state index contributed by atoms with van der Waals surface area (Å²) >= 11 is 0. The van der Waals surface area contributed by atoms with Crippen molar-refractivity contribution in [3.63, 3.8) is 0 Å². The number of H-pyrrole nitrogens is 2. The SMILES string of the molecule is Cc1cccc2c(C3CCN(CC(O)COc4cccc5[nH]ccc45)CC3)c[nH]c12. The molecule has 0 amide bonds. The van der Waals surface area contributed by atoms with E-state index in [1.165, 1.54) is 22.0 Å². The highest BCUT2D eigenvalue weighted by Crippen LogP contribution is 2.34. The van der Waals surface area contributed by atoms with Crippen LogP contribution in [0.5, 0.6) is 5.75 Å². The van der Waals surface area contributed by atoms with Crippen LogP contribution in [0.25, 0.3) is 21.8 Å². The highest BCUT2D eigenvalue weighted by molar-refractivity contribution is 5.86. The van der Waals surface area contributed by atoms with Gasteiger partial charge in [-0.3, -0.25) is 0 Å². The molecule has 1 unspecified atom stereocenters. The first-order valence-electron chi connectivity index (χ1n) is 10.8. The summed E-state index contributed by atoms with van der Waals surface area (Å²) in [5, 5.41) is 12.9. The van der Waals surface area contributed by atoms with Gasteiger partial charge in [-0.25, -0.2) is 0 Å². The Labute approximate surface area is 176 Å². The van der Waals surface area contributed by atoms with Crippen LogP contribution in [0.2, 0.25) is 0 Å². The second-order valence-electron chi connectivity index (χ2n) is 8.48. The van der Waals surface area contributed by atoms with Gasteiger partial charge in [-0.05, 0) is 68.1 Å². The van der Waals surface area contributed by atoms with Gasteiger partial charge in [0.05, 0.1) is 0 Å². The molecular weight excluding hydrogens is 374 g/mol. The molecule has 0 radical (unpaired) electrons. The highest BCUT2D eigenvalue weighted by atomic mass is 16.5. The van der Waals surface area contributed by atoms with Gasteiger partial charge in [0.25, 0.3) is 0 Å². The molecule has 1 saturated heterocycles. The largest absolute Gasteiger partial charge is 0.490 e. The van der Waals surface area contributed by atoms with Gasteiger partial charge in [0.2, 0.25) is 0 Å². The molecule has 1 aliphatic rings. The van der Waals surface area contributed by atoms with E-state index < -0.39 is 6.10 Å². The van der Waals surface area contributed by atoms with Crippen LogP contribution in [-0.4, -0.2) is 52.3 Å². The molecule has 2 aromatic heterocycles. The topological polar surface area (TPSA) is 64.3 Å². The minimum atomic E-state index is -0.494. The summed E-state index contributed by atoms with van der Waals surface area (Å²) in [6.45, 7) is 5.14. The van der Waals surface area contributed by atoms with E-state index in [-0.39, 0.29) is 0 Å². The maximum absolute atomic E-state index is 10.5. The maximum atomic E-state index is 10.5. The van der Waals surface area contributed by atoms with Crippen molar-refractivity contribution in [2.45, 2.75) is 31.8 Å². The first kappa shape index (κ1) is 19.2. The molecule has 156 valence electrons. The predicted octanol–water partition coefficient (Wildman–Crippen LogP) is 4.58. The van der Waals surface area contributed by atoms with E-state index >= 15 is 0 Å². The van der Waals surface area contributed by atoms with Gasteiger partial charge in [0.1, 0.15) is 18.5 Å². The predicted molar refractivity (Wildman–Crippen MR) is 121 cm³/mol. The van der Waals surface area contributed by atoms with Crippen molar-refractivity contribution in [1.29, 1.82) is 0 Å². The van der Waals surface area contributed by atoms with E-state index in [0.29, 0.717) is 19.1 Å². The fourth-order valence-electron chi connectivity index (χ4n) is 4.81. The number of ether oxygens (including phenoxy) is 1. The number of β-amino-alcohol motifs (C(OH)–C–C–N with tert-alkyl or cyclic N) is 1. The summed E-state index contributed by atoms with van der Waals surface area (Å²) < 4.78 is 5.92. The van der Waals surface area contributed by atoms with E-state index in [9.17, 15) is 5.11 Å². The molecule has 1 fully saturated rings. The van der Waals surface area contributed by atoms with E-state index in [1.807, 2.05) is 30.5 Å². The first-order chi connectivity index (χ1) is 14.7. The molecular formula is C25H29N3O2. The lowest BCUT2D eigenvalue weighted by atomic mass is 9.89. The molecule has 30 heavy (non-hydrogen) atoms. The van der Waals surface area contributed by atoms with Crippen LogP contribution in [0.3, 0.4) is 0 Å². The van der Waals surface area contributed by atoms with Crippen LogP contribution in [0.4, 0.5) is 0 Å². The number of piperidine rings is 1. The summed E-state index contributed by atoms with van der Waals surface area (Å²) in [6, 6.07) is 14.5. The number of aliphatic hydroxyl groups is 1. The van der Waals surface area contributed by atoms with Gasteiger partial charge in [0, 0.05) is 40.7 Å². The number of benzene rings is 2. The number of nitrogens with zero attached hydrogens (tertiary/aromatic N) is 1. The number of aryl methyl sites for hydroxylation is 1. The molecule has 1 aliphatic heterocycles. The zero-order chi connectivity index (χ0) is 20.5. The Morgan fingerprint density at radius 2 is 1.90 bits per heavy atom. The smallest absolute Gasteiger partial charge is 0.128 e. The summed E-state index contributed by atoms with van der Waals surface area (Å²) in [4.78, 5) is 9.02. The van der Waals surface area contributed by atoms with Gasteiger partial charge in [0.15, 0.2) is 0 Å². The quantitative estimate of drug-likeness (QED) is 0.442. The molecule has 5 rings (SSSR count).